The molecule has 0 aromatic heterocycles. The molecule has 0 spiro atoms. The van der Waals surface area contributed by atoms with Crippen molar-refractivity contribution in [2.24, 2.45) is 0 Å². The summed E-state index contributed by atoms with van der Waals surface area (Å²) in [7, 11) is 3.35. The monoisotopic (exact) mass is 672 g/mol. The smallest absolute Gasteiger partial charge is 0.194 e. The van der Waals surface area contributed by atoms with Crippen LogP contribution >= 0.6 is 31.9 Å². The maximum absolute atomic E-state index is 13.9. The highest BCUT2D eigenvalue weighted by atomic mass is 79.9. The highest BCUT2D eigenvalue weighted by molar-refractivity contribution is 9.10. The van der Waals surface area contributed by atoms with Crippen molar-refractivity contribution in [2.75, 3.05) is 14.2 Å². The minimum Gasteiger partial charge on any atom is -0.496 e. The molecular formula is C36H18Br2O4. The Hall–Kier alpha value is -4.26. The van der Waals surface area contributed by atoms with Gasteiger partial charge in [-0.15, -0.1) is 0 Å². The summed E-state index contributed by atoms with van der Waals surface area (Å²) in [4.78, 5) is 27.7. The maximum atomic E-state index is 13.9. The van der Waals surface area contributed by atoms with E-state index in [0.717, 1.165) is 74.3 Å². The van der Waals surface area contributed by atoms with Gasteiger partial charge in [0.2, 0.25) is 0 Å². The second-order valence-electron chi connectivity index (χ2n) is 10.9. The van der Waals surface area contributed by atoms with Crippen LogP contribution in [0.15, 0.2) is 81.7 Å². The average Bonchev–Trinajstić information content (AvgIpc) is 3.01. The maximum Gasteiger partial charge on any atom is 0.194 e. The second kappa shape index (κ2) is 8.18. The molecule has 0 unspecified atom stereocenters. The SMILES string of the molecule is COc1cc2c3c(ccc4c5ccc6c7c(cc(OC)c(c1c34)c75)-c1cc(Br)ccc1C6=O)C(=O)c1ccc(Br)cc1-2. The standard InChI is InChI=1S/C36H18Br2O4/c1-41-27-13-25-23-11-15(37)3-5-19(23)35(39)21-9-7-17-18-8-10-22-30-26(24-12-16(38)4-6-20(24)36(22)40)14-28(42-2)34(32(18)30)33(27)31(17)29(21)25/h3-14H,1-2H3. The molecule has 0 saturated carbocycles. The van der Waals surface area contributed by atoms with E-state index < -0.39 is 0 Å². The molecule has 0 fully saturated rings. The molecule has 9 rings (SSSR count). The Bertz CT molecular complexity index is 2270. The number of benzene rings is 7. The van der Waals surface area contributed by atoms with Gasteiger partial charge < -0.3 is 9.47 Å². The highest BCUT2D eigenvalue weighted by Gasteiger charge is 2.33. The number of halogens is 2. The molecule has 0 atom stereocenters. The first kappa shape index (κ1) is 24.3. The Kier molecular flexibility index (Phi) is 4.74. The average molecular weight is 674 g/mol. The van der Waals surface area contributed by atoms with Crippen molar-refractivity contribution in [3.05, 3.63) is 104 Å². The Morgan fingerprint density at radius 1 is 0.429 bits per heavy atom. The van der Waals surface area contributed by atoms with Crippen LogP contribution < -0.4 is 9.47 Å². The number of carbonyl (C=O) groups is 2. The zero-order chi connectivity index (χ0) is 28.6. The second-order valence-corrected chi connectivity index (χ2v) is 12.7. The number of hydrogen-bond donors (Lipinski definition) is 0. The first-order valence-electron chi connectivity index (χ1n) is 13.5. The molecule has 6 heteroatoms. The Morgan fingerprint density at radius 2 is 0.833 bits per heavy atom. The van der Waals surface area contributed by atoms with Gasteiger partial charge in [0.05, 0.1) is 14.2 Å². The van der Waals surface area contributed by atoms with Crippen LogP contribution in [-0.4, -0.2) is 25.8 Å². The van der Waals surface area contributed by atoms with Gasteiger partial charge in [0.15, 0.2) is 11.6 Å². The lowest BCUT2D eigenvalue weighted by Crippen LogP contribution is -2.12. The predicted molar refractivity (Wildman–Crippen MR) is 174 cm³/mol. The molecule has 0 N–H and O–H groups in total. The number of ether oxygens (including phenoxy) is 2. The van der Waals surface area contributed by atoms with E-state index in [-0.39, 0.29) is 11.6 Å². The third-order valence-corrected chi connectivity index (χ3v) is 9.98. The Balaban J connectivity index is 1.57. The third kappa shape index (κ3) is 2.82. The molecule has 7 aromatic rings. The molecule has 0 saturated heterocycles. The van der Waals surface area contributed by atoms with Gasteiger partial charge in [-0.05, 0) is 93.7 Å². The first-order valence-corrected chi connectivity index (χ1v) is 15.0. The topological polar surface area (TPSA) is 52.6 Å². The van der Waals surface area contributed by atoms with Gasteiger partial charge >= 0.3 is 0 Å². The fourth-order valence-corrected chi connectivity index (χ4v) is 8.04. The van der Waals surface area contributed by atoms with Crippen molar-refractivity contribution in [1.82, 2.24) is 0 Å². The fourth-order valence-electron chi connectivity index (χ4n) is 7.32. The zero-order valence-corrected chi connectivity index (χ0v) is 25.5. The van der Waals surface area contributed by atoms with Crippen molar-refractivity contribution in [1.29, 1.82) is 0 Å². The van der Waals surface area contributed by atoms with Crippen LogP contribution in [0, 0.1) is 0 Å². The highest BCUT2D eigenvalue weighted by Crippen LogP contribution is 2.55. The minimum atomic E-state index is 0.00320. The summed E-state index contributed by atoms with van der Waals surface area (Å²) in [5.41, 5.74) is 6.35. The van der Waals surface area contributed by atoms with Gasteiger partial charge in [0.1, 0.15) is 11.5 Å². The van der Waals surface area contributed by atoms with Crippen molar-refractivity contribution >= 4 is 86.5 Å². The molecule has 2 aliphatic carbocycles. The molecule has 42 heavy (non-hydrogen) atoms. The van der Waals surface area contributed by atoms with Crippen LogP contribution in [0.25, 0.3) is 65.3 Å². The van der Waals surface area contributed by atoms with Crippen LogP contribution in [0.5, 0.6) is 11.5 Å². The van der Waals surface area contributed by atoms with Crippen LogP contribution in [0.4, 0.5) is 0 Å². The van der Waals surface area contributed by atoms with Crippen molar-refractivity contribution in [3.8, 4) is 33.8 Å². The quantitative estimate of drug-likeness (QED) is 0.135. The summed E-state index contributed by atoms with van der Waals surface area (Å²) < 4.78 is 14.1. The number of ketones is 2. The number of carbonyl (C=O) groups excluding carboxylic acids is 2. The van der Waals surface area contributed by atoms with Crippen LogP contribution in [-0.2, 0) is 0 Å². The normalized spacial score (nSPS) is 13.3. The van der Waals surface area contributed by atoms with Crippen LogP contribution in [0.1, 0.15) is 31.8 Å². The van der Waals surface area contributed by atoms with Gasteiger partial charge in [-0.1, -0.05) is 44.0 Å². The number of rotatable bonds is 2. The largest absolute Gasteiger partial charge is 0.496 e. The molecule has 2 aliphatic rings. The fraction of sp³-hybridized carbons (Fsp3) is 0.0556. The van der Waals surface area contributed by atoms with Gasteiger partial charge in [-0.25, -0.2) is 0 Å². The first-order chi connectivity index (χ1) is 20.4. The molecule has 0 radical (unpaired) electrons. The molecule has 0 bridgehead atoms. The number of hydrogen-bond acceptors (Lipinski definition) is 4. The van der Waals surface area contributed by atoms with Crippen LogP contribution in [0.3, 0.4) is 0 Å². The Labute approximate surface area is 256 Å². The minimum absolute atomic E-state index is 0.00320. The van der Waals surface area contributed by atoms with E-state index >= 15 is 0 Å². The predicted octanol–water partition coefficient (Wildman–Crippen LogP) is 9.70. The summed E-state index contributed by atoms with van der Waals surface area (Å²) in [5, 5.41) is 7.48. The summed E-state index contributed by atoms with van der Waals surface area (Å²) in [6.07, 6.45) is 0. The van der Waals surface area contributed by atoms with E-state index in [2.05, 4.69) is 31.9 Å². The number of fused-ring (bicyclic) bond motifs is 6. The van der Waals surface area contributed by atoms with Gasteiger partial charge in [0.25, 0.3) is 0 Å². The van der Waals surface area contributed by atoms with E-state index in [0.29, 0.717) is 33.8 Å². The summed E-state index contributed by atoms with van der Waals surface area (Å²) in [6, 6.07) is 23.6. The third-order valence-electron chi connectivity index (χ3n) is 9.00. The van der Waals surface area contributed by atoms with E-state index in [4.69, 9.17) is 9.47 Å². The molecule has 0 heterocycles. The van der Waals surface area contributed by atoms with Crippen molar-refractivity contribution in [2.45, 2.75) is 0 Å². The molecule has 0 aliphatic heterocycles. The molecule has 200 valence electrons. The van der Waals surface area contributed by atoms with E-state index in [1.165, 1.54) is 0 Å². The lowest BCUT2D eigenvalue weighted by atomic mass is 9.76. The Morgan fingerprint density at radius 3 is 1.24 bits per heavy atom. The van der Waals surface area contributed by atoms with Crippen LogP contribution in [0.2, 0.25) is 0 Å². The number of methoxy groups -OCH3 is 2. The van der Waals surface area contributed by atoms with E-state index in [1.54, 1.807) is 14.2 Å². The molecule has 7 aromatic carbocycles. The summed E-state index contributed by atoms with van der Waals surface area (Å²) >= 11 is 7.21. The molecular weight excluding hydrogens is 656 g/mol. The van der Waals surface area contributed by atoms with Crippen molar-refractivity contribution < 1.29 is 19.1 Å². The summed E-state index contributed by atoms with van der Waals surface area (Å²) in [5.74, 6) is 1.38. The van der Waals surface area contributed by atoms with Crippen molar-refractivity contribution in [3.63, 3.8) is 0 Å². The zero-order valence-electron chi connectivity index (χ0n) is 22.3. The lowest BCUT2D eigenvalue weighted by molar-refractivity contribution is 0.103. The van der Waals surface area contributed by atoms with Gasteiger partial charge in [-0.2, -0.15) is 0 Å². The molecule has 0 amide bonds. The van der Waals surface area contributed by atoms with Gasteiger partial charge in [0, 0.05) is 63.5 Å². The van der Waals surface area contributed by atoms with E-state index in [1.807, 2.05) is 72.8 Å². The molecule has 4 nitrogen and oxygen atoms in total. The van der Waals surface area contributed by atoms with E-state index in [9.17, 15) is 9.59 Å². The summed E-state index contributed by atoms with van der Waals surface area (Å²) in [6.45, 7) is 0. The van der Waals surface area contributed by atoms with Gasteiger partial charge in [-0.3, -0.25) is 9.59 Å². The lowest BCUT2D eigenvalue weighted by Gasteiger charge is -2.27.